The molecule has 0 saturated heterocycles. The molecular weight excluding hydrogens is 617 g/mol. The summed E-state index contributed by atoms with van der Waals surface area (Å²) in [4.78, 5) is 19.5. The Morgan fingerprint density at radius 3 is 2.41 bits per heavy atom. The average Bonchev–Trinajstić information content (AvgIpc) is 3.59. The summed E-state index contributed by atoms with van der Waals surface area (Å²) in [6.07, 6.45) is -4.89. The lowest BCUT2D eigenvalue weighted by Crippen LogP contribution is -2.39. The number of ketones is 1. The van der Waals surface area contributed by atoms with Gasteiger partial charge in [0.2, 0.25) is 5.69 Å². The van der Waals surface area contributed by atoms with Crippen molar-refractivity contribution in [2.45, 2.75) is 13.3 Å². The number of carbonyl (C=O) groups excluding carboxylic acids is 1. The van der Waals surface area contributed by atoms with Gasteiger partial charge in [0.1, 0.15) is 15.5 Å². The van der Waals surface area contributed by atoms with Gasteiger partial charge in [-0.1, -0.05) is 72.3 Å². The largest absolute Gasteiger partial charge is 0.573 e. The zero-order chi connectivity index (χ0) is 32.2. The van der Waals surface area contributed by atoms with Crippen molar-refractivity contribution in [2.24, 2.45) is 0 Å². The molecule has 12 heteroatoms. The van der Waals surface area contributed by atoms with Crippen LogP contribution in [0.25, 0.3) is 49.1 Å². The molecule has 0 saturated carbocycles. The van der Waals surface area contributed by atoms with Gasteiger partial charge in [-0.15, -0.1) is 24.5 Å². The van der Waals surface area contributed by atoms with E-state index in [1.165, 1.54) is 12.1 Å². The third-order valence-corrected chi connectivity index (χ3v) is 8.57. The number of hydrogen-bond acceptors (Lipinski definition) is 8. The monoisotopic (exact) mass is 638 g/mol. The molecule has 0 fully saturated rings. The van der Waals surface area contributed by atoms with Crippen LogP contribution < -0.4 is 20.3 Å². The zero-order valence-electron chi connectivity index (χ0n) is 23.8. The molecule has 0 aliphatic carbocycles. The zero-order valence-corrected chi connectivity index (χ0v) is 24.6. The number of aromatic nitrogens is 3. The first-order chi connectivity index (χ1) is 22.1. The maximum atomic E-state index is 14.0. The van der Waals surface area contributed by atoms with Gasteiger partial charge < -0.3 is 20.1 Å². The van der Waals surface area contributed by atoms with Gasteiger partial charge >= 0.3 is 12.1 Å². The van der Waals surface area contributed by atoms with E-state index in [1.807, 2.05) is 79.7 Å². The summed E-state index contributed by atoms with van der Waals surface area (Å²) in [5, 5.41) is 19.1. The minimum Gasteiger partial charge on any atom is -0.539 e. The molecule has 7 aromatic rings. The Balaban J connectivity index is 1.38. The average molecular weight is 639 g/mol. The molecule has 0 amide bonds. The molecule has 0 bridgehead atoms. The second kappa shape index (κ2) is 11.0. The van der Waals surface area contributed by atoms with Crippen LogP contribution in [0.5, 0.6) is 11.7 Å². The van der Waals surface area contributed by atoms with Gasteiger partial charge in [-0.3, -0.25) is 4.79 Å². The van der Waals surface area contributed by atoms with Gasteiger partial charge in [0, 0.05) is 23.1 Å². The third kappa shape index (κ3) is 5.18. The highest BCUT2D eigenvalue weighted by Crippen LogP contribution is 2.43. The van der Waals surface area contributed by atoms with E-state index in [0.29, 0.717) is 15.9 Å². The smallest absolute Gasteiger partial charge is 0.539 e. The summed E-state index contributed by atoms with van der Waals surface area (Å²) in [5.41, 5.74) is 10.7. The first-order valence-electron chi connectivity index (χ1n) is 13.9. The Morgan fingerprint density at radius 2 is 1.67 bits per heavy atom. The van der Waals surface area contributed by atoms with Crippen molar-refractivity contribution in [3.8, 4) is 39.8 Å². The summed E-state index contributed by atoms with van der Waals surface area (Å²) in [6, 6.07) is 28.2. The van der Waals surface area contributed by atoms with Gasteiger partial charge in [-0.25, -0.2) is 4.98 Å². The SMILES string of the molecule is Cc1ccc(-c2cc(-c3cccc4ccccc34)nc3sc(C(=O)c4c([O-])on[n+]4-c4ccc(OC(F)(F)F)cc4)c(N)c23)cc1. The highest BCUT2D eigenvalue weighted by atomic mass is 32.1. The van der Waals surface area contributed by atoms with E-state index < -0.39 is 29.5 Å². The summed E-state index contributed by atoms with van der Waals surface area (Å²) in [7, 11) is 0. The van der Waals surface area contributed by atoms with Gasteiger partial charge in [0.15, 0.2) is 5.95 Å². The van der Waals surface area contributed by atoms with Crippen molar-refractivity contribution >= 4 is 43.8 Å². The van der Waals surface area contributed by atoms with Crippen molar-refractivity contribution in [3.05, 3.63) is 113 Å². The maximum absolute atomic E-state index is 14.0. The Kier molecular flexibility index (Phi) is 6.93. The summed E-state index contributed by atoms with van der Waals surface area (Å²) in [6.45, 7) is 1.98. The molecule has 46 heavy (non-hydrogen) atoms. The molecule has 0 aliphatic rings. The normalized spacial score (nSPS) is 11.7. The Hall–Kier alpha value is -5.75. The molecule has 0 unspecified atom stereocenters. The first kappa shape index (κ1) is 29.0. The number of benzene rings is 4. The standard InChI is InChI=1S/C34H21F3N4O4S/c1-18-9-11-20(12-10-18)25-17-26(24-8-4-6-19-5-2-3-7-23(19)24)39-32-27(25)28(38)31(46-32)30(42)29-33(43)45-40-41(29)21-13-15-22(16-14-21)44-34(35,36)37/h2-17H,1H3,(H2-,38,40,42,43). The fraction of sp³-hybridized carbons (Fsp3) is 0.0588. The molecule has 3 aromatic heterocycles. The molecule has 3 heterocycles. The lowest BCUT2D eigenvalue weighted by Gasteiger charge is -2.11. The van der Waals surface area contributed by atoms with Gasteiger partial charge in [0.25, 0.3) is 5.78 Å². The number of rotatable bonds is 6. The van der Waals surface area contributed by atoms with Crippen LogP contribution in [0.3, 0.4) is 0 Å². The second-order valence-electron chi connectivity index (χ2n) is 10.5. The van der Waals surface area contributed by atoms with Gasteiger partial charge in [-0.05, 0) is 51.7 Å². The van der Waals surface area contributed by atoms with E-state index in [4.69, 9.17) is 15.2 Å². The maximum Gasteiger partial charge on any atom is 0.573 e. The predicted octanol–water partition coefficient (Wildman–Crippen LogP) is 7.14. The lowest BCUT2D eigenvalue weighted by atomic mass is 9.96. The first-order valence-corrected chi connectivity index (χ1v) is 14.7. The molecule has 0 spiro atoms. The number of ether oxygens (including phenoxy) is 1. The number of thiophene rings is 1. The minimum absolute atomic E-state index is 0.0389. The topological polar surface area (TPSA) is 118 Å². The number of halogens is 3. The van der Waals surface area contributed by atoms with Crippen molar-refractivity contribution in [1.29, 1.82) is 0 Å². The number of nitrogen functional groups attached to an aromatic ring is 1. The van der Waals surface area contributed by atoms with E-state index >= 15 is 0 Å². The molecule has 0 aliphatic heterocycles. The molecule has 2 N–H and O–H groups in total. The fourth-order valence-corrected chi connectivity index (χ4v) is 6.41. The Morgan fingerprint density at radius 1 is 0.957 bits per heavy atom. The molecule has 0 radical (unpaired) electrons. The highest BCUT2D eigenvalue weighted by molar-refractivity contribution is 7.21. The number of anilines is 1. The van der Waals surface area contributed by atoms with E-state index in [-0.39, 0.29) is 16.3 Å². The van der Waals surface area contributed by atoms with Crippen LogP contribution in [-0.2, 0) is 0 Å². The molecule has 228 valence electrons. The van der Waals surface area contributed by atoms with Gasteiger partial charge in [-0.2, -0.15) is 0 Å². The molecule has 7 rings (SSSR count). The van der Waals surface area contributed by atoms with Crippen molar-refractivity contribution in [1.82, 2.24) is 10.3 Å². The van der Waals surface area contributed by atoms with Crippen LogP contribution in [-0.4, -0.2) is 22.4 Å². The van der Waals surface area contributed by atoms with Gasteiger partial charge in [0.05, 0.1) is 16.7 Å². The number of carbonyl (C=O) groups is 1. The number of nitrogens with two attached hydrogens (primary N) is 1. The summed E-state index contributed by atoms with van der Waals surface area (Å²) < 4.78 is 47.6. The number of hydrogen-bond donors (Lipinski definition) is 1. The number of nitrogens with zero attached hydrogens (tertiary/aromatic N) is 3. The van der Waals surface area contributed by atoms with Crippen LogP contribution in [0.2, 0.25) is 0 Å². The van der Waals surface area contributed by atoms with E-state index in [9.17, 15) is 23.1 Å². The van der Waals surface area contributed by atoms with E-state index in [2.05, 4.69) is 10.0 Å². The van der Waals surface area contributed by atoms with Crippen LogP contribution >= 0.6 is 11.3 Å². The van der Waals surface area contributed by atoms with Crippen molar-refractivity contribution in [3.63, 3.8) is 0 Å². The molecule has 8 nitrogen and oxygen atoms in total. The summed E-state index contributed by atoms with van der Waals surface area (Å²) >= 11 is 1.03. The molecular formula is C34H21F3N4O4S. The number of fused-ring (bicyclic) bond motifs is 2. The molecule has 4 aromatic carbocycles. The van der Waals surface area contributed by atoms with E-state index in [1.54, 1.807) is 0 Å². The lowest BCUT2D eigenvalue weighted by molar-refractivity contribution is -0.672. The number of pyridine rings is 1. The van der Waals surface area contributed by atoms with Crippen LogP contribution in [0.1, 0.15) is 20.9 Å². The second-order valence-corrected chi connectivity index (χ2v) is 11.5. The van der Waals surface area contributed by atoms with E-state index in [0.717, 1.165) is 61.2 Å². The van der Waals surface area contributed by atoms with Crippen molar-refractivity contribution in [2.75, 3.05) is 5.73 Å². The number of alkyl halides is 3. The third-order valence-electron chi connectivity index (χ3n) is 7.47. The summed E-state index contributed by atoms with van der Waals surface area (Å²) in [5.74, 6) is -2.30. The Bertz CT molecular complexity index is 2270. The van der Waals surface area contributed by atoms with Crippen molar-refractivity contribution < 1.29 is 37.0 Å². The highest BCUT2D eigenvalue weighted by Gasteiger charge is 2.34. The minimum atomic E-state index is -4.89. The Labute approximate surface area is 262 Å². The molecule has 0 atom stereocenters. The predicted molar refractivity (Wildman–Crippen MR) is 165 cm³/mol. The van der Waals surface area contributed by atoms with Crippen LogP contribution in [0.15, 0.2) is 102 Å². The van der Waals surface area contributed by atoms with Crippen LogP contribution in [0.4, 0.5) is 18.9 Å². The fourth-order valence-electron chi connectivity index (χ4n) is 5.35. The van der Waals surface area contributed by atoms with Crippen LogP contribution in [0, 0.1) is 6.92 Å². The number of aryl methyl sites for hydroxylation is 1. The quantitative estimate of drug-likeness (QED) is 0.152.